The first-order valence-electron chi connectivity index (χ1n) is 6.05. The monoisotopic (exact) mass is 286 g/mol. The normalized spacial score (nSPS) is 10.7. The molecule has 0 spiro atoms. The summed E-state index contributed by atoms with van der Waals surface area (Å²) in [5.41, 5.74) is 2.92. The fraction of sp³-hybridized carbons (Fsp3) is 0.0667. The fourth-order valence-electron chi connectivity index (χ4n) is 2.07. The molecule has 0 aliphatic rings. The lowest BCUT2D eigenvalue weighted by molar-refractivity contribution is 0.102. The van der Waals surface area contributed by atoms with E-state index in [9.17, 15) is 4.79 Å². The van der Waals surface area contributed by atoms with Gasteiger partial charge in [0.2, 0.25) is 5.22 Å². The van der Waals surface area contributed by atoms with Crippen LogP contribution in [0.3, 0.4) is 0 Å². The molecular formula is C15H11ClN2O2. The first-order chi connectivity index (χ1) is 9.66. The van der Waals surface area contributed by atoms with Crippen LogP contribution in [0.2, 0.25) is 5.22 Å². The van der Waals surface area contributed by atoms with Crippen LogP contribution in [0.5, 0.6) is 0 Å². The predicted molar refractivity (Wildman–Crippen MR) is 78.2 cm³/mol. The van der Waals surface area contributed by atoms with Gasteiger partial charge in [-0.15, -0.1) is 0 Å². The highest BCUT2D eigenvalue weighted by Crippen LogP contribution is 2.26. The number of nitrogens with zero attached hydrogens (tertiary/aromatic N) is 1. The molecular weight excluding hydrogens is 276 g/mol. The highest BCUT2D eigenvalue weighted by molar-refractivity contribution is 6.32. The number of aromatic nitrogens is 1. The number of rotatable bonds is 2. The van der Waals surface area contributed by atoms with E-state index >= 15 is 0 Å². The van der Waals surface area contributed by atoms with Crippen molar-refractivity contribution in [2.45, 2.75) is 6.92 Å². The summed E-state index contributed by atoms with van der Waals surface area (Å²) >= 11 is 5.80. The molecule has 0 bridgehead atoms. The molecule has 20 heavy (non-hydrogen) atoms. The van der Waals surface area contributed by atoms with Gasteiger partial charge in [0.15, 0.2) is 0 Å². The van der Waals surface area contributed by atoms with Crippen molar-refractivity contribution >= 4 is 34.1 Å². The van der Waals surface area contributed by atoms with E-state index in [0.717, 1.165) is 16.5 Å². The Morgan fingerprint density at radius 3 is 2.90 bits per heavy atom. The maximum absolute atomic E-state index is 12.1. The molecule has 1 amide bonds. The number of carbonyl (C=O) groups excluding carboxylic acids is 1. The van der Waals surface area contributed by atoms with E-state index in [4.69, 9.17) is 16.0 Å². The van der Waals surface area contributed by atoms with Crippen molar-refractivity contribution in [3.8, 4) is 0 Å². The maximum atomic E-state index is 12.1. The number of aryl methyl sites for hydroxylation is 1. The summed E-state index contributed by atoms with van der Waals surface area (Å²) in [6.45, 7) is 1.98. The van der Waals surface area contributed by atoms with Crippen LogP contribution < -0.4 is 5.32 Å². The number of pyridine rings is 1. The van der Waals surface area contributed by atoms with Gasteiger partial charge in [-0.1, -0.05) is 6.07 Å². The van der Waals surface area contributed by atoms with E-state index in [2.05, 4.69) is 10.3 Å². The molecule has 0 aliphatic carbocycles. The Labute approximate surface area is 120 Å². The lowest BCUT2D eigenvalue weighted by Crippen LogP contribution is -2.11. The summed E-state index contributed by atoms with van der Waals surface area (Å²) in [5, 5.41) is 3.80. The fourth-order valence-corrected chi connectivity index (χ4v) is 2.27. The van der Waals surface area contributed by atoms with Crippen LogP contribution in [0.4, 0.5) is 5.69 Å². The minimum atomic E-state index is -0.308. The average Bonchev–Trinajstić information content (AvgIpc) is 2.88. The van der Waals surface area contributed by atoms with Gasteiger partial charge in [0, 0.05) is 11.6 Å². The van der Waals surface area contributed by atoms with E-state index in [1.54, 1.807) is 6.20 Å². The minimum Gasteiger partial charge on any atom is -0.452 e. The Bertz CT molecular complexity index is 795. The molecule has 0 atom stereocenters. The number of nitrogens with one attached hydrogen (secondary N) is 1. The molecule has 2 aromatic heterocycles. The zero-order valence-electron chi connectivity index (χ0n) is 10.7. The first kappa shape index (κ1) is 12.7. The van der Waals surface area contributed by atoms with E-state index in [1.807, 2.05) is 31.2 Å². The molecule has 0 radical (unpaired) electrons. The van der Waals surface area contributed by atoms with Gasteiger partial charge in [0.1, 0.15) is 0 Å². The molecule has 4 nitrogen and oxygen atoms in total. The molecule has 0 fully saturated rings. The van der Waals surface area contributed by atoms with Gasteiger partial charge in [-0.3, -0.25) is 9.78 Å². The van der Waals surface area contributed by atoms with Gasteiger partial charge in [0.05, 0.1) is 23.0 Å². The number of anilines is 1. The summed E-state index contributed by atoms with van der Waals surface area (Å²) in [6, 6.07) is 9.06. The topological polar surface area (TPSA) is 55.1 Å². The summed E-state index contributed by atoms with van der Waals surface area (Å²) in [6.07, 6.45) is 3.11. The quantitative estimate of drug-likeness (QED) is 0.773. The summed E-state index contributed by atoms with van der Waals surface area (Å²) < 4.78 is 4.92. The van der Waals surface area contributed by atoms with E-state index in [0.29, 0.717) is 11.3 Å². The van der Waals surface area contributed by atoms with Crippen LogP contribution >= 0.6 is 11.6 Å². The second-order valence-electron chi connectivity index (χ2n) is 4.39. The van der Waals surface area contributed by atoms with Crippen molar-refractivity contribution in [3.63, 3.8) is 0 Å². The van der Waals surface area contributed by atoms with Crippen LogP contribution in [0.1, 0.15) is 15.9 Å². The zero-order valence-corrected chi connectivity index (χ0v) is 11.4. The number of hydrogen-bond acceptors (Lipinski definition) is 3. The Kier molecular flexibility index (Phi) is 3.16. The van der Waals surface area contributed by atoms with Crippen molar-refractivity contribution in [2.75, 3.05) is 5.32 Å². The average molecular weight is 287 g/mol. The number of furan rings is 1. The van der Waals surface area contributed by atoms with Crippen LogP contribution in [-0.4, -0.2) is 10.9 Å². The zero-order chi connectivity index (χ0) is 14.1. The first-order valence-corrected chi connectivity index (χ1v) is 6.43. The minimum absolute atomic E-state index is 0.0806. The molecule has 1 aromatic carbocycles. The molecule has 3 aromatic rings. The number of amides is 1. The van der Waals surface area contributed by atoms with Crippen LogP contribution in [-0.2, 0) is 0 Å². The van der Waals surface area contributed by atoms with Crippen LogP contribution in [0.25, 0.3) is 10.9 Å². The Morgan fingerprint density at radius 2 is 2.15 bits per heavy atom. The van der Waals surface area contributed by atoms with Crippen molar-refractivity contribution in [1.29, 1.82) is 0 Å². The van der Waals surface area contributed by atoms with E-state index < -0.39 is 0 Å². The molecule has 0 saturated heterocycles. The van der Waals surface area contributed by atoms with Crippen molar-refractivity contribution in [2.24, 2.45) is 0 Å². The highest BCUT2D eigenvalue weighted by atomic mass is 35.5. The van der Waals surface area contributed by atoms with Crippen LogP contribution in [0.15, 0.2) is 47.2 Å². The van der Waals surface area contributed by atoms with Gasteiger partial charge in [0.25, 0.3) is 5.91 Å². The Hall–Kier alpha value is -2.33. The maximum Gasteiger partial charge on any atom is 0.260 e. The summed E-state index contributed by atoms with van der Waals surface area (Å²) in [4.78, 5) is 16.5. The molecule has 0 saturated carbocycles. The Balaban J connectivity index is 2.02. The molecule has 5 heteroatoms. The van der Waals surface area contributed by atoms with Gasteiger partial charge in [-0.05, 0) is 48.4 Å². The van der Waals surface area contributed by atoms with Gasteiger partial charge < -0.3 is 9.73 Å². The number of halogens is 1. The Morgan fingerprint density at radius 1 is 1.30 bits per heavy atom. The lowest BCUT2D eigenvalue weighted by atomic mass is 10.1. The van der Waals surface area contributed by atoms with Gasteiger partial charge in [-0.25, -0.2) is 0 Å². The number of fused-ring (bicyclic) bond motifs is 1. The van der Waals surface area contributed by atoms with E-state index in [1.165, 1.54) is 12.3 Å². The smallest absolute Gasteiger partial charge is 0.260 e. The molecule has 1 N–H and O–H groups in total. The summed E-state index contributed by atoms with van der Waals surface area (Å²) in [7, 11) is 0. The molecule has 100 valence electrons. The molecule has 3 rings (SSSR count). The van der Waals surface area contributed by atoms with Gasteiger partial charge >= 0.3 is 0 Å². The largest absolute Gasteiger partial charge is 0.452 e. The third kappa shape index (κ3) is 2.14. The second kappa shape index (κ2) is 4.98. The third-order valence-corrected chi connectivity index (χ3v) is 3.37. The number of hydrogen-bond donors (Lipinski definition) is 1. The van der Waals surface area contributed by atoms with Crippen molar-refractivity contribution in [1.82, 2.24) is 4.98 Å². The number of benzene rings is 1. The summed E-state index contributed by atoms with van der Waals surface area (Å²) in [5.74, 6) is -0.308. The van der Waals surface area contributed by atoms with Crippen molar-refractivity contribution < 1.29 is 9.21 Å². The lowest BCUT2D eigenvalue weighted by Gasteiger charge is -2.09. The predicted octanol–water partition coefficient (Wildman–Crippen LogP) is 4.04. The van der Waals surface area contributed by atoms with Crippen molar-refractivity contribution in [3.05, 3.63) is 59.1 Å². The molecule has 0 unspecified atom stereocenters. The van der Waals surface area contributed by atoms with E-state index in [-0.39, 0.29) is 11.1 Å². The number of carbonyl (C=O) groups is 1. The SMILES string of the molecule is Cc1ccc(NC(=O)c2ccoc2Cl)c2cccnc12. The van der Waals surface area contributed by atoms with Crippen LogP contribution in [0, 0.1) is 6.92 Å². The standard InChI is InChI=1S/C15H11ClN2O2/c1-9-4-5-12(10-3-2-7-17-13(9)10)18-15(19)11-6-8-20-14(11)16/h2-8H,1H3,(H,18,19). The molecule has 2 heterocycles. The third-order valence-electron chi connectivity index (χ3n) is 3.08. The molecule has 0 aliphatic heterocycles. The van der Waals surface area contributed by atoms with Gasteiger partial charge in [-0.2, -0.15) is 0 Å². The highest BCUT2D eigenvalue weighted by Gasteiger charge is 2.14. The second-order valence-corrected chi connectivity index (χ2v) is 4.73.